The average molecular weight is 508 g/mol. The standard InChI is InChI=1S/C18H38O9P2.Ti/c1-4-6-8-10-12-14-16-22-29(21,23-17-15-13-11-9-7-5-2)27-28(19,20)26-18(3)24-25-18;/h4-17H2,1-3H3,(H,19,20);. The van der Waals surface area contributed by atoms with E-state index < -0.39 is 21.6 Å². The number of hydrogen-bond acceptors (Lipinski definition) is 8. The predicted octanol–water partition coefficient (Wildman–Crippen LogP) is 6.62. The molecule has 0 aromatic carbocycles. The molecule has 178 valence electrons. The Hall–Kier alpha value is 0.894. The van der Waals surface area contributed by atoms with Crippen LogP contribution in [0.5, 0.6) is 0 Å². The van der Waals surface area contributed by atoms with Gasteiger partial charge in [0.2, 0.25) is 0 Å². The zero-order valence-electron chi connectivity index (χ0n) is 18.5. The smallest absolute Gasteiger partial charge is 0.302 e. The van der Waals surface area contributed by atoms with Gasteiger partial charge < -0.3 is 4.89 Å². The first-order chi connectivity index (χ1) is 13.7. The molecule has 1 N–H and O–H groups in total. The Bertz CT molecular complexity index is 510. The molecule has 0 spiro atoms. The van der Waals surface area contributed by atoms with E-state index in [2.05, 4.69) is 28.1 Å². The molecule has 1 unspecified atom stereocenters. The van der Waals surface area contributed by atoms with Crippen LogP contribution in [-0.4, -0.2) is 24.1 Å². The van der Waals surface area contributed by atoms with Gasteiger partial charge in [-0.15, -0.1) is 0 Å². The quantitative estimate of drug-likeness (QED) is 0.0637. The Morgan fingerprint density at radius 2 is 1.17 bits per heavy atom. The van der Waals surface area contributed by atoms with Crippen molar-refractivity contribution >= 4 is 15.6 Å². The van der Waals surface area contributed by atoms with Crippen LogP contribution in [0.4, 0.5) is 0 Å². The van der Waals surface area contributed by atoms with E-state index in [-0.39, 0.29) is 34.9 Å². The van der Waals surface area contributed by atoms with Gasteiger partial charge in [0.15, 0.2) is 0 Å². The maximum absolute atomic E-state index is 12.8. The van der Waals surface area contributed by atoms with Crippen LogP contribution in [0.15, 0.2) is 0 Å². The molecule has 0 aliphatic carbocycles. The Labute approximate surface area is 195 Å². The molecular formula is C18H38O9P2Ti. The minimum Gasteiger partial charge on any atom is -0.302 e. The average Bonchev–Trinajstić information content (AvgIpc) is 3.35. The first-order valence-corrected chi connectivity index (χ1v) is 13.7. The molecule has 1 fully saturated rings. The monoisotopic (exact) mass is 508 g/mol. The van der Waals surface area contributed by atoms with E-state index in [9.17, 15) is 14.0 Å². The van der Waals surface area contributed by atoms with Crippen molar-refractivity contribution in [1.82, 2.24) is 0 Å². The second-order valence-corrected chi connectivity index (χ2v) is 10.5. The summed E-state index contributed by atoms with van der Waals surface area (Å²) in [5, 5.41) is 0. The van der Waals surface area contributed by atoms with Crippen molar-refractivity contribution in [2.24, 2.45) is 0 Å². The maximum atomic E-state index is 12.8. The normalized spacial score (nSPS) is 17.3. The van der Waals surface area contributed by atoms with Crippen molar-refractivity contribution in [2.75, 3.05) is 13.2 Å². The Kier molecular flexibility index (Phi) is 17.0. The van der Waals surface area contributed by atoms with Crippen LogP contribution < -0.4 is 0 Å². The van der Waals surface area contributed by atoms with Crippen LogP contribution in [0.2, 0.25) is 0 Å². The molecule has 0 aromatic heterocycles. The second-order valence-electron chi connectivity index (χ2n) is 7.32. The zero-order chi connectivity index (χ0) is 21.6. The molecule has 0 bridgehead atoms. The molecule has 30 heavy (non-hydrogen) atoms. The second kappa shape index (κ2) is 16.5. The summed E-state index contributed by atoms with van der Waals surface area (Å²) in [4.78, 5) is 18.7. The first kappa shape index (κ1) is 30.9. The summed E-state index contributed by atoms with van der Waals surface area (Å²) in [7, 11) is -9.05. The van der Waals surface area contributed by atoms with Crippen molar-refractivity contribution < 1.29 is 63.4 Å². The third-order valence-electron chi connectivity index (χ3n) is 4.30. The maximum Gasteiger partial charge on any atom is 0.485 e. The number of hydrogen-bond donors (Lipinski definition) is 1. The molecule has 0 saturated carbocycles. The summed E-state index contributed by atoms with van der Waals surface area (Å²) in [5.74, 6) is -1.69. The van der Waals surface area contributed by atoms with Gasteiger partial charge in [-0.1, -0.05) is 78.1 Å². The molecule has 0 amide bonds. The largest absolute Gasteiger partial charge is 0.485 e. The first-order valence-electron chi connectivity index (χ1n) is 10.7. The topological polar surface area (TPSA) is 116 Å². The summed E-state index contributed by atoms with van der Waals surface area (Å²) in [6.45, 7) is 5.77. The van der Waals surface area contributed by atoms with Crippen LogP contribution in [0.3, 0.4) is 0 Å². The molecular weight excluding hydrogens is 470 g/mol. The summed E-state index contributed by atoms with van der Waals surface area (Å²) in [6, 6.07) is 0. The van der Waals surface area contributed by atoms with E-state index >= 15 is 0 Å². The minimum absolute atomic E-state index is 0. The molecule has 1 rings (SSSR count). The molecule has 0 aromatic rings. The third-order valence-corrected chi connectivity index (χ3v) is 7.48. The van der Waals surface area contributed by atoms with E-state index in [4.69, 9.17) is 13.4 Å². The number of phosphoric acid groups is 2. The number of unbranched alkanes of at least 4 members (excludes halogenated alkanes) is 10. The third kappa shape index (κ3) is 15.7. The summed E-state index contributed by atoms with van der Waals surface area (Å²) in [6.07, 6.45) is 12.2. The van der Waals surface area contributed by atoms with E-state index in [0.29, 0.717) is 12.8 Å². The van der Waals surface area contributed by atoms with E-state index in [0.717, 1.165) is 51.4 Å². The van der Waals surface area contributed by atoms with Crippen molar-refractivity contribution in [1.29, 1.82) is 0 Å². The molecule has 1 atom stereocenters. The summed E-state index contributed by atoms with van der Waals surface area (Å²) >= 11 is 0. The van der Waals surface area contributed by atoms with E-state index in [1.807, 2.05) is 0 Å². The van der Waals surface area contributed by atoms with Crippen LogP contribution in [0.1, 0.15) is 97.8 Å². The van der Waals surface area contributed by atoms with Crippen molar-refractivity contribution in [3.63, 3.8) is 0 Å². The van der Waals surface area contributed by atoms with E-state index in [1.54, 1.807) is 0 Å². The Morgan fingerprint density at radius 3 is 1.57 bits per heavy atom. The van der Waals surface area contributed by atoms with Crippen LogP contribution >= 0.6 is 15.6 Å². The molecule has 9 nitrogen and oxygen atoms in total. The molecule has 0 radical (unpaired) electrons. The van der Waals surface area contributed by atoms with Gasteiger partial charge in [0.1, 0.15) is 0 Å². The van der Waals surface area contributed by atoms with Gasteiger partial charge in [0.25, 0.3) is 0 Å². The fraction of sp³-hybridized carbons (Fsp3) is 1.00. The molecule has 1 aliphatic rings. The Morgan fingerprint density at radius 1 is 0.767 bits per heavy atom. The predicted molar refractivity (Wildman–Crippen MR) is 109 cm³/mol. The van der Waals surface area contributed by atoms with Crippen molar-refractivity contribution in [2.45, 2.75) is 104 Å². The fourth-order valence-electron chi connectivity index (χ4n) is 2.64. The van der Waals surface area contributed by atoms with Gasteiger partial charge in [0, 0.05) is 28.6 Å². The van der Waals surface area contributed by atoms with Gasteiger partial charge in [-0.05, 0) is 12.8 Å². The fourth-order valence-corrected chi connectivity index (χ4v) is 5.42. The van der Waals surface area contributed by atoms with Gasteiger partial charge in [-0.3, -0.25) is 9.05 Å². The summed E-state index contributed by atoms with van der Waals surface area (Å²) in [5.41, 5.74) is 0. The van der Waals surface area contributed by atoms with E-state index in [1.165, 1.54) is 19.8 Å². The molecule has 1 heterocycles. The SMILES string of the molecule is CCCCCCCCOP(=O)(OCCCCCCCC)OP(=O)(O)OC1(C)OO1.[Ti]. The summed E-state index contributed by atoms with van der Waals surface area (Å²) < 4.78 is 45.0. The van der Waals surface area contributed by atoms with Crippen LogP contribution in [0.25, 0.3) is 0 Å². The molecule has 1 aliphatic heterocycles. The van der Waals surface area contributed by atoms with Gasteiger partial charge >= 0.3 is 21.6 Å². The van der Waals surface area contributed by atoms with Crippen molar-refractivity contribution in [3.8, 4) is 0 Å². The minimum atomic E-state index is -4.78. The van der Waals surface area contributed by atoms with Crippen molar-refractivity contribution in [3.05, 3.63) is 0 Å². The van der Waals surface area contributed by atoms with Crippen LogP contribution in [0, 0.1) is 0 Å². The van der Waals surface area contributed by atoms with Crippen LogP contribution in [-0.2, 0) is 58.5 Å². The van der Waals surface area contributed by atoms with Gasteiger partial charge in [-0.2, -0.15) is 14.1 Å². The number of phosphoric ester groups is 2. The zero-order valence-corrected chi connectivity index (χ0v) is 21.9. The van der Waals surface area contributed by atoms with Gasteiger partial charge in [0.05, 0.1) is 13.2 Å². The number of rotatable bonds is 20. The van der Waals surface area contributed by atoms with Gasteiger partial charge in [-0.25, -0.2) is 13.7 Å². The Balaban J connectivity index is 0.00000841. The molecule has 12 heteroatoms. The molecule has 1 saturated heterocycles.